The van der Waals surface area contributed by atoms with E-state index in [1.807, 2.05) is 48.5 Å². The second kappa shape index (κ2) is 4.30. The van der Waals surface area contributed by atoms with Crippen LogP contribution in [0.4, 0.5) is 0 Å². The van der Waals surface area contributed by atoms with Crippen molar-refractivity contribution in [2.45, 2.75) is 0 Å². The van der Waals surface area contributed by atoms with E-state index in [0.717, 1.165) is 16.5 Å². The van der Waals surface area contributed by atoms with E-state index in [-0.39, 0.29) is 0 Å². The van der Waals surface area contributed by atoms with Crippen molar-refractivity contribution in [3.05, 3.63) is 54.8 Å². The van der Waals surface area contributed by atoms with Crippen molar-refractivity contribution >= 4 is 10.8 Å². The Kier molecular flexibility index (Phi) is 2.66. The van der Waals surface area contributed by atoms with Gasteiger partial charge in [0.1, 0.15) is 12.0 Å². The smallest absolute Gasteiger partial charge is 0.134 e. The third kappa shape index (κ3) is 1.97. The first-order valence-corrected chi connectivity index (χ1v) is 4.61. The summed E-state index contributed by atoms with van der Waals surface area (Å²) in [5.41, 5.74) is 0. The minimum atomic E-state index is 0.764. The Labute approximate surface area is 88.0 Å². The molecule has 0 radical (unpaired) electrons. The Bertz CT molecular complexity index is 532. The van der Waals surface area contributed by atoms with Gasteiger partial charge in [0.2, 0.25) is 0 Å². The molecule has 0 heterocycles. The van der Waals surface area contributed by atoms with Crippen LogP contribution in [0, 0.1) is 11.3 Å². The molecule has 0 aliphatic rings. The van der Waals surface area contributed by atoms with Crippen LogP contribution in [-0.4, -0.2) is 0 Å². The number of benzene rings is 2. The maximum absolute atomic E-state index is 8.34. The summed E-state index contributed by atoms with van der Waals surface area (Å²) < 4.78 is 5.36. The van der Waals surface area contributed by atoms with Crippen LogP contribution in [0.2, 0.25) is 0 Å². The summed E-state index contributed by atoms with van der Waals surface area (Å²) in [7, 11) is 0. The van der Waals surface area contributed by atoms with Crippen molar-refractivity contribution in [3.63, 3.8) is 0 Å². The Morgan fingerprint density at radius 2 is 1.87 bits per heavy atom. The molecular weight excluding hydrogens is 186 g/mol. The molecule has 2 aromatic carbocycles. The lowest BCUT2D eigenvalue weighted by Gasteiger charge is -2.04. The van der Waals surface area contributed by atoms with Crippen LogP contribution in [0.3, 0.4) is 0 Å². The first-order valence-electron chi connectivity index (χ1n) is 4.61. The van der Waals surface area contributed by atoms with Crippen LogP contribution in [0.1, 0.15) is 0 Å². The molecule has 0 aromatic heterocycles. The number of fused-ring (bicyclic) bond motifs is 1. The normalized spacial score (nSPS) is 10.3. The van der Waals surface area contributed by atoms with Crippen LogP contribution >= 0.6 is 0 Å². The predicted molar refractivity (Wildman–Crippen MR) is 59.3 cm³/mol. The van der Waals surface area contributed by atoms with Gasteiger partial charge in [-0.2, -0.15) is 5.26 Å². The van der Waals surface area contributed by atoms with E-state index in [9.17, 15) is 0 Å². The molecule has 0 spiro atoms. The maximum Gasteiger partial charge on any atom is 0.134 e. The predicted octanol–water partition coefficient (Wildman–Crippen LogP) is 3.26. The third-order valence-corrected chi connectivity index (χ3v) is 2.09. The average Bonchev–Trinajstić information content (AvgIpc) is 2.30. The van der Waals surface area contributed by atoms with E-state index in [4.69, 9.17) is 10.00 Å². The van der Waals surface area contributed by atoms with Crippen molar-refractivity contribution in [3.8, 4) is 11.8 Å². The largest absolute Gasteiger partial charge is 0.464 e. The number of hydrogen-bond donors (Lipinski definition) is 0. The van der Waals surface area contributed by atoms with Crippen molar-refractivity contribution in [2.24, 2.45) is 0 Å². The lowest BCUT2D eigenvalue weighted by Crippen LogP contribution is -1.83. The number of nitrogens with zero attached hydrogens (tertiary/aromatic N) is 1. The molecule has 15 heavy (non-hydrogen) atoms. The van der Waals surface area contributed by atoms with Crippen LogP contribution in [-0.2, 0) is 0 Å². The Morgan fingerprint density at radius 1 is 1.07 bits per heavy atom. The molecule has 0 saturated heterocycles. The zero-order valence-electron chi connectivity index (χ0n) is 8.05. The van der Waals surface area contributed by atoms with E-state index in [2.05, 4.69) is 0 Å². The summed E-state index contributed by atoms with van der Waals surface area (Å²) >= 11 is 0. The molecule has 0 N–H and O–H groups in total. The van der Waals surface area contributed by atoms with Crippen LogP contribution in [0.15, 0.2) is 54.8 Å². The summed E-state index contributed by atoms with van der Waals surface area (Å²) in [5.74, 6) is 0.764. The van der Waals surface area contributed by atoms with Crippen LogP contribution < -0.4 is 4.74 Å². The lowest BCUT2D eigenvalue weighted by molar-refractivity contribution is 0.487. The van der Waals surface area contributed by atoms with Gasteiger partial charge in [0.25, 0.3) is 0 Å². The van der Waals surface area contributed by atoms with Crippen molar-refractivity contribution in [1.82, 2.24) is 0 Å². The van der Waals surface area contributed by atoms with E-state index < -0.39 is 0 Å². The Balaban J connectivity index is 2.43. The van der Waals surface area contributed by atoms with Gasteiger partial charge in [0.15, 0.2) is 0 Å². The van der Waals surface area contributed by atoms with Crippen molar-refractivity contribution in [1.29, 1.82) is 5.26 Å². The Morgan fingerprint density at radius 3 is 2.73 bits per heavy atom. The zero-order valence-corrected chi connectivity index (χ0v) is 8.05. The molecule has 2 heteroatoms. The van der Waals surface area contributed by atoms with Gasteiger partial charge in [-0.25, -0.2) is 0 Å². The number of nitriles is 1. The van der Waals surface area contributed by atoms with Gasteiger partial charge in [0.05, 0.1) is 12.1 Å². The van der Waals surface area contributed by atoms with Crippen LogP contribution in [0.25, 0.3) is 10.8 Å². The number of ether oxygens (including phenoxy) is 1. The molecule has 2 nitrogen and oxygen atoms in total. The minimum absolute atomic E-state index is 0.764. The highest BCUT2D eigenvalue weighted by Gasteiger charge is 1.98. The summed E-state index contributed by atoms with van der Waals surface area (Å²) in [6.07, 6.45) is 2.70. The molecule has 0 aliphatic heterocycles. The van der Waals surface area contributed by atoms with Gasteiger partial charge >= 0.3 is 0 Å². The van der Waals surface area contributed by atoms with Gasteiger partial charge in [0, 0.05) is 5.39 Å². The average molecular weight is 195 g/mol. The monoisotopic (exact) mass is 195 g/mol. The third-order valence-electron chi connectivity index (χ3n) is 2.09. The highest BCUT2D eigenvalue weighted by molar-refractivity contribution is 5.88. The molecule has 0 bridgehead atoms. The van der Waals surface area contributed by atoms with Gasteiger partial charge in [-0.15, -0.1) is 0 Å². The molecule has 0 unspecified atom stereocenters. The maximum atomic E-state index is 8.34. The highest BCUT2D eigenvalue weighted by atomic mass is 16.5. The van der Waals surface area contributed by atoms with Gasteiger partial charge < -0.3 is 4.74 Å². The molecule has 2 aromatic rings. The fourth-order valence-corrected chi connectivity index (χ4v) is 1.44. The molecule has 0 aliphatic carbocycles. The van der Waals surface area contributed by atoms with E-state index in [1.165, 1.54) is 12.3 Å². The second-order valence-electron chi connectivity index (χ2n) is 3.03. The van der Waals surface area contributed by atoms with E-state index in [0.29, 0.717) is 0 Å². The molecule has 0 saturated carbocycles. The van der Waals surface area contributed by atoms with Crippen molar-refractivity contribution < 1.29 is 4.74 Å². The summed E-state index contributed by atoms with van der Waals surface area (Å²) in [6, 6.07) is 15.7. The summed E-state index contributed by atoms with van der Waals surface area (Å²) in [6.45, 7) is 0. The van der Waals surface area contributed by atoms with Gasteiger partial charge in [-0.1, -0.05) is 36.4 Å². The van der Waals surface area contributed by atoms with E-state index >= 15 is 0 Å². The van der Waals surface area contributed by atoms with E-state index in [1.54, 1.807) is 0 Å². The molecule has 0 fully saturated rings. The van der Waals surface area contributed by atoms with Gasteiger partial charge in [-0.05, 0) is 11.5 Å². The standard InChI is InChI=1S/C13H9NO/c14-9-4-10-15-13-8-3-6-11-5-1-2-7-12(11)13/h1-8,10H. The molecule has 0 amide bonds. The quantitative estimate of drug-likeness (QED) is 0.544. The number of hydrogen-bond acceptors (Lipinski definition) is 2. The first kappa shape index (κ1) is 9.29. The molecular formula is C13H9NO. The summed E-state index contributed by atoms with van der Waals surface area (Å²) in [4.78, 5) is 0. The fourth-order valence-electron chi connectivity index (χ4n) is 1.44. The van der Waals surface area contributed by atoms with Gasteiger partial charge in [-0.3, -0.25) is 0 Å². The Hall–Kier alpha value is -2.27. The van der Waals surface area contributed by atoms with Crippen LogP contribution in [0.5, 0.6) is 5.75 Å². The number of allylic oxidation sites excluding steroid dienone is 1. The first-order chi connectivity index (χ1) is 7.42. The minimum Gasteiger partial charge on any atom is -0.464 e. The molecule has 2 rings (SSSR count). The topological polar surface area (TPSA) is 33.0 Å². The van der Waals surface area contributed by atoms with Crippen molar-refractivity contribution in [2.75, 3.05) is 0 Å². The SMILES string of the molecule is N#CC=COc1cccc2ccccc12. The molecule has 72 valence electrons. The zero-order chi connectivity index (χ0) is 10.5. The number of rotatable bonds is 2. The fraction of sp³-hybridized carbons (Fsp3) is 0. The second-order valence-corrected chi connectivity index (χ2v) is 3.03. The summed E-state index contributed by atoms with van der Waals surface area (Å²) in [5, 5.41) is 10.5. The lowest BCUT2D eigenvalue weighted by atomic mass is 10.1. The molecule has 0 atom stereocenters. The highest BCUT2D eigenvalue weighted by Crippen LogP contribution is 2.25.